The van der Waals surface area contributed by atoms with Crippen LogP contribution in [0.1, 0.15) is 23.7 Å². The first-order chi connectivity index (χ1) is 9.56. The predicted octanol–water partition coefficient (Wildman–Crippen LogP) is 5.40. The van der Waals surface area contributed by atoms with E-state index in [4.69, 9.17) is 11.6 Å². The molecule has 0 spiro atoms. The Morgan fingerprint density at radius 1 is 1.20 bits per heavy atom. The Morgan fingerprint density at radius 3 is 2.70 bits per heavy atom. The van der Waals surface area contributed by atoms with Crippen LogP contribution in [0.25, 0.3) is 16.7 Å². The highest BCUT2D eigenvalue weighted by Crippen LogP contribution is 2.30. The van der Waals surface area contributed by atoms with E-state index in [0.717, 1.165) is 27.0 Å². The number of hydrogen-bond acceptors (Lipinski definition) is 1. The normalized spacial score (nSPS) is 12.8. The highest BCUT2D eigenvalue weighted by Gasteiger charge is 2.16. The Morgan fingerprint density at radius 2 is 2.00 bits per heavy atom. The lowest BCUT2D eigenvalue weighted by Gasteiger charge is -2.11. The number of nitrogens with zero attached hydrogens (tertiary/aromatic N) is 2. The maximum absolute atomic E-state index is 6.31. The minimum atomic E-state index is -0.151. The van der Waals surface area contributed by atoms with Gasteiger partial charge in [-0.1, -0.05) is 28.1 Å². The number of aryl methyl sites for hydroxylation is 1. The number of halogens is 2. The van der Waals surface area contributed by atoms with Gasteiger partial charge in [0.1, 0.15) is 5.82 Å². The van der Waals surface area contributed by atoms with Crippen LogP contribution in [0.2, 0.25) is 0 Å². The van der Waals surface area contributed by atoms with E-state index in [0.29, 0.717) is 0 Å². The van der Waals surface area contributed by atoms with Crippen LogP contribution in [-0.2, 0) is 0 Å². The maximum atomic E-state index is 6.31. The molecule has 0 saturated heterocycles. The quantitative estimate of drug-likeness (QED) is 0.567. The molecule has 0 aliphatic rings. The third-order valence-electron chi connectivity index (χ3n) is 3.26. The van der Waals surface area contributed by atoms with E-state index in [1.807, 2.05) is 19.1 Å². The Labute approximate surface area is 131 Å². The van der Waals surface area contributed by atoms with E-state index in [1.54, 1.807) is 0 Å². The average molecular weight is 350 g/mol. The summed E-state index contributed by atoms with van der Waals surface area (Å²) in [6.07, 6.45) is 0. The molecule has 1 aromatic heterocycles. The summed E-state index contributed by atoms with van der Waals surface area (Å²) in [7, 11) is 0. The zero-order chi connectivity index (χ0) is 14.3. The number of imidazole rings is 1. The molecule has 0 fully saturated rings. The molecule has 0 N–H and O–H groups in total. The van der Waals surface area contributed by atoms with E-state index in [9.17, 15) is 0 Å². The van der Waals surface area contributed by atoms with Crippen molar-refractivity contribution in [2.75, 3.05) is 0 Å². The fraction of sp³-hybridized carbons (Fsp3) is 0.188. The lowest BCUT2D eigenvalue weighted by molar-refractivity contribution is 0.882. The van der Waals surface area contributed by atoms with Crippen molar-refractivity contribution >= 4 is 38.6 Å². The number of aromatic nitrogens is 2. The van der Waals surface area contributed by atoms with Crippen molar-refractivity contribution < 1.29 is 0 Å². The molecule has 102 valence electrons. The maximum Gasteiger partial charge on any atom is 0.132 e. The van der Waals surface area contributed by atoms with Crippen molar-refractivity contribution in [1.82, 2.24) is 9.55 Å². The number of benzene rings is 2. The summed E-state index contributed by atoms with van der Waals surface area (Å²) < 4.78 is 3.16. The van der Waals surface area contributed by atoms with Crippen molar-refractivity contribution in [3.8, 4) is 5.69 Å². The molecule has 2 nitrogen and oxygen atoms in total. The lowest BCUT2D eigenvalue weighted by atomic mass is 10.2. The summed E-state index contributed by atoms with van der Waals surface area (Å²) in [5.41, 5.74) is 4.32. The second kappa shape index (κ2) is 5.23. The van der Waals surface area contributed by atoms with Crippen molar-refractivity contribution in [2.45, 2.75) is 19.2 Å². The molecule has 4 heteroatoms. The van der Waals surface area contributed by atoms with E-state index in [2.05, 4.69) is 62.7 Å². The molecular weight excluding hydrogens is 336 g/mol. The monoisotopic (exact) mass is 348 g/mol. The summed E-state index contributed by atoms with van der Waals surface area (Å²) in [5, 5.41) is -0.151. The predicted molar refractivity (Wildman–Crippen MR) is 87.8 cm³/mol. The summed E-state index contributed by atoms with van der Waals surface area (Å²) in [6, 6.07) is 14.4. The fourth-order valence-corrected chi connectivity index (χ4v) is 2.87. The molecule has 1 unspecified atom stereocenters. The molecule has 1 atom stereocenters. The van der Waals surface area contributed by atoms with Crippen molar-refractivity contribution in [3.05, 3.63) is 58.3 Å². The van der Waals surface area contributed by atoms with Crippen LogP contribution in [-0.4, -0.2) is 9.55 Å². The number of rotatable bonds is 2. The number of alkyl halides is 1. The molecule has 0 aliphatic heterocycles. The van der Waals surface area contributed by atoms with Crippen LogP contribution in [0.5, 0.6) is 0 Å². The number of hydrogen-bond donors (Lipinski definition) is 0. The molecule has 0 aliphatic carbocycles. The fourth-order valence-electron chi connectivity index (χ4n) is 2.37. The van der Waals surface area contributed by atoms with E-state index in [-0.39, 0.29) is 5.38 Å². The van der Waals surface area contributed by atoms with E-state index < -0.39 is 0 Å². The van der Waals surface area contributed by atoms with E-state index >= 15 is 0 Å². The summed E-state index contributed by atoms with van der Waals surface area (Å²) >= 11 is 9.84. The van der Waals surface area contributed by atoms with Gasteiger partial charge in [0.2, 0.25) is 0 Å². The summed E-state index contributed by atoms with van der Waals surface area (Å²) in [5.74, 6) is 0.866. The van der Waals surface area contributed by atoms with Gasteiger partial charge in [0, 0.05) is 10.2 Å². The van der Waals surface area contributed by atoms with Gasteiger partial charge in [0.15, 0.2) is 0 Å². The second-order valence-electron chi connectivity index (χ2n) is 4.89. The standard InChI is InChI=1S/C16H14BrClN2/c1-10-4-3-5-13(8-10)20-15-9-12(17)6-7-14(15)19-16(20)11(2)18/h3-9,11H,1-2H3. The zero-order valence-corrected chi connectivity index (χ0v) is 13.6. The van der Waals surface area contributed by atoms with Crippen LogP contribution >= 0.6 is 27.5 Å². The first kappa shape index (κ1) is 13.7. The van der Waals surface area contributed by atoms with Crippen molar-refractivity contribution in [2.24, 2.45) is 0 Å². The van der Waals surface area contributed by atoms with Crippen molar-refractivity contribution in [3.63, 3.8) is 0 Å². The molecule has 0 amide bonds. The van der Waals surface area contributed by atoms with Crippen LogP contribution < -0.4 is 0 Å². The molecule has 3 rings (SSSR count). The van der Waals surface area contributed by atoms with Gasteiger partial charge in [-0.05, 0) is 49.7 Å². The third-order valence-corrected chi connectivity index (χ3v) is 3.95. The largest absolute Gasteiger partial charge is 0.295 e. The average Bonchev–Trinajstić information content (AvgIpc) is 2.77. The Bertz CT molecular complexity index is 777. The van der Waals surface area contributed by atoms with Gasteiger partial charge in [-0.25, -0.2) is 4.98 Å². The zero-order valence-electron chi connectivity index (χ0n) is 11.3. The summed E-state index contributed by atoms with van der Waals surface area (Å²) in [6.45, 7) is 4.03. The van der Waals surface area contributed by atoms with Crippen LogP contribution in [0.15, 0.2) is 46.9 Å². The first-order valence-corrected chi connectivity index (χ1v) is 7.68. The third kappa shape index (κ3) is 2.36. The topological polar surface area (TPSA) is 17.8 Å². The van der Waals surface area contributed by atoms with Gasteiger partial charge in [0.05, 0.1) is 16.4 Å². The van der Waals surface area contributed by atoms with Gasteiger partial charge >= 0.3 is 0 Å². The Kier molecular flexibility index (Phi) is 3.57. The Balaban J connectivity index is 2.36. The molecule has 1 heterocycles. The van der Waals surface area contributed by atoms with Gasteiger partial charge in [-0.15, -0.1) is 11.6 Å². The van der Waals surface area contributed by atoms with Crippen LogP contribution in [0, 0.1) is 6.92 Å². The van der Waals surface area contributed by atoms with Gasteiger partial charge < -0.3 is 0 Å². The highest BCUT2D eigenvalue weighted by atomic mass is 79.9. The number of fused-ring (bicyclic) bond motifs is 1. The molecule has 20 heavy (non-hydrogen) atoms. The second-order valence-corrected chi connectivity index (χ2v) is 6.46. The highest BCUT2D eigenvalue weighted by molar-refractivity contribution is 9.10. The van der Waals surface area contributed by atoms with Crippen molar-refractivity contribution in [1.29, 1.82) is 0 Å². The first-order valence-electron chi connectivity index (χ1n) is 6.45. The molecule has 2 aromatic carbocycles. The molecule has 0 saturated carbocycles. The molecular formula is C16H14BrClN2. The SMILES string of the molecule is Cc1cccc(-n2c(C(C)Cl)nc3ccc(Br)cc32)c1. The smallest absolute Gasteiger partial charge is 0.132 e. The minimum absolute atomic E-state index is 0.151. The van der Waals surface area contributed by atoms with Gasteiger partial charge in [-0.3, -0.25) is 4.57 Å². The molecule has 0 radical (unpaired) electrons. The van der Waals surface area contributed by atoms with Crippen LogP contribution in [0.3, 0.4) is 0 Å². The molecule has 0 bridgehead atoms. The van der Waals surface area contributed by atoms with E-state index in [1.165, 1.54) is 5.56 Å². The molecule has 3 aromatic rings. The van der Waals surface area contributed by atoms with Gasteiger partial charge in [-0.2, -0.15) is 0 Å². The summed E-state index contributed by atoms with van der Waals surface area (Å²) in [4.78, 5) is 4.67. The van der Waals surface area contributed by atoms with Gasteiger partial charge in [0.25, 0.3) is 0 Å². The lowest BCUT2D eigenvalue weighted by Crippen LogP contribution is -2.02. The van der Waals surface area contributed by atoms with Crippen LogP contribution in [0.4, 0.5) is 0 Å². The Hall–Kier alpha value is -1.32. The minimum Gasteiger partial charge on any atom is -0.295 e.